The van der Waals surface area contributed by atoms with E-state index < -0.39 is 0 Å². The fourth-order valence-corrected chi connectivity index (χ4v) is 2.36. The summed E-state index contributed by atoms with van der Waals surface area (Å²) in [4.78, 5) is 16.6. The minimum Gasteiger partial charge on any atom is -0.313 e. The van der Waals surface area contributed by atoms with E-state index in [1.165, 1.54) is 0 Å². The van der Waals surface area contributed by atoms with Gasteiger partial charge >= 0.3 is 0 Å². The zero-order valence-electron chi connectivity index (χ0n) is 14.6. The van der Waals surface area contributed by atoms with Crippen LogP contribution in [0.1, 0.15) is 29.8 Å². The Balaban J connectivity index is 0.00000100. The average molecular weight is 321 g/mol. The van der Waals surface area contributed by atoms with Gasteiger partial charge in [0.05, 0.1) is 11.9 Å². The van der Waals surface area contributed by atoms with Crippen LogP contribution in [-0.2, 0) is 7.05 Å². The Kier molecular flexibility index (Phi) is 5.90. The van der Waals surface area contributed by atoms with Crippen molar-refractivity contribution in [1.29, 1.82) is 0 Å². The van der Waals surface area contributed by atoms with E-state index in [-0.39, 0.29) is 5.91 Å². The molecule has 0 aliphatic rings. The van der Waals surface area contributed by atoms with Crippen molar-refractivity contribution in [2.24, 2.45) is 7.05 Å². The van der Waals surface area contributed by atoms with Crippen LogP contribution in [0.5, 0.6) is 0 Å². The van der Waals surface area contributed by atoms with Gasteiger partial charge in [-0.25, -0.2) is 4.98 Å². The highest BCUT2D eigenvalue weighted by Gasteiger charge is 2.12. The fourth-order valence-electron chi connectivity index (χ4n) is 2.36. The Hall–Kier alpha value is -2.88. The van der Waals surface area contributed by atoms with Gasteiger partial charge in [-0.3, -0.25) is 10.1 Å². The molecule has 4 nitrogen and oxygen atoms in total. The van der Waals surface area contributed by atoms with Crippen molar-refractivity contribution in [2.75, 3.05) is 5.32 Å². The highest BCUT2D eigenvalue weighted by molar-refractivity contribution is 6.03. The molecule has 0 saturated heterocycles. The van der Waals surface area contributed by atoms with Crippen LogP contribution in [0.15, 0.2) is 60.8 Å². The van der Waals surface area contributed by atoms with E-state index in [0.717, 1.165) is 16.8 Å². The molecule has 0 bridgehead atoms. The van der Waals surface area contributed by atoms with Crippen molar-refractivity contribution < 1.29 is 4.79 Å². The number of amides is 1. The number of aromatic nitrogens is 2. The van der Waals surface area contributed by atoms with Crippen LogP contribution in [0.25, 0.3) is 11.3 Å². The second-order valence-corrected chi connectivity index (χ2v) is 5.22. The molecule has 24 heavy (non-hydrogen) atoms. The van der Waals surface area contributed by atoms with Crippen molar-refractivity contribution in [2.45, 2.75) is 20.8 Å². The van der Waals surface area contributed by atoms with E-state index in [1.807, 2.05) is 80.9 Å². The van der Waals surface area contributed by atoms with Crippen LogP contribution in [0.3, 0.4) is 0 Å². The summed E-state index contributed by atoms with van der Waals surface area (Å²) in [5, 5.41) is 2.86. The van der Waals surface area contributed by atoms with Crippen LogP contribution in [-0.4, -0.2) is 15.5 Å². The third-order valence-electron chi connectivity index (χ3n) is 3.56. The van der Waals surface area contributed by atoms with Crippen LogP contribution in [0.2, 0.25) is 0 Å². The first-order valence-electron chi connectivity index (χ1n) is 8.10. The summed E-state index contributed by atoms with van der Waals surface area (Å²) in [5.41, 5.74) is 3.70. The molecular weight excluding hydrogens is 298 g/mol. The monoisotopic (exact) mass is 321 g/mol. The third-order valence-corrected chi connectivity index (χ3v) is 3.56. The second kappa shape index (κ2) is 8.11. The van der Waals surface area contributed by atoms with Gasteiger partial charge in [0, 0.05) is 12.6 Å². The highest BCUT2D eigenvalue weighted by Crippen LogP contribution is 2.21. The topological polar surface area (TPSA) is 46.9 Å². The Morgan fingerprint density at radius 3 is 2.42 bits per heavy atom. The summed E-state index contributed by atoms with van der Waals surface area (Å²) in [6.07, 6.45) is 1.77. The van der Waals surface area contributed by atoms with Gasteiger partial charge in [0.25, 0.3) is 5.91 Å². The number of hydrogen-bond donors (Lipinski definition) is 1. The molecule has 4 heteroatoms. The maximum Gasteiger partial charge on any atom is 0.257 e. The van der Waals surface area contributed by atoms with Crippen LogP contribution >= 0.6 is 0 Å². The number of aryl methyl sites for hydroxylation is 1. The molecule has 0 aliphatic heterocycles. The lowest BCUT2D eigenvalue weighted by molar-refractivity contribution is 0.102. The van der Waals surface area contributed by atoms with Crippen LogP contribution in [0.4, 0.5) is 5.95 Å². The molecule has 0 atom stereocenters. The Bertz CT molecular complexity index is 807. The predicted molar refractivity (Wildman–Crippen MR) is 99.1 cm³/mol. The number of nitrogens with one attached hydrogen (secondary N) is 1. The maximum absolute atomic E-state index is 12.3. The molecule has 0 radical (unpaired) electrons. The van der Waals surface area contributed by atoms with Crippen molar-refractivity contribution in [3.05, 3.63) is 71.9 Å². The molecule has 3 rings (SSSR count). The molecule has 0 saturated carbocycles. The third kappa shape index (κ3) is 3.90. The van der Waals surface area contributed by atoms with Gasteiger partial charge in [0.1, 0.15) is 0 Å². The number of imidazole rings is 1. The van der Waals surface area contributed by atoms with E-state index in [9.17, 15) is 4.79 Å². The van der Waals surface area contributed by atoms with Crippen molar-refractivity contribution in [1.82, 2.24) is 9.55 Å². The maximum atomic E-state index is 12.3. The summed E-state index contributed by atoms with van der Waals surface area (Å²) in [5.74, 6) is 0.377. The van der Waals surface area contributed by atoms with Gasteiger partial charge in [0.2, 0.25) is 5.95 Å². The molecule has 0 aliphatic carbocycles. The van der Waals surface area contributed by atoms with E-state index in [0.29, 0.717) is 11.5 Å². The van der Waals surface area contributed by atoms with Gasteiger partial charge < -0.3 is 4.57 Å². The van der Waals surface area contributed by atoms with Crippen molar-refractivity contribution in [3.63, 3.8) is 0 Å². The molecule has 1 heterocycles. The molecule has 0 unspecified atom stereocenters. The number of hydrogen-bond acceptors (Lipinski definition) is 2. The molecule has 3 aromatic rings. The minimum atomic E-state index is -0.156. The van der Waals surface area contributed by atoms with Crippen molar-refractivity contribution >= 4 is 11.9 Å². The first-order chi connectivity index (χ1) is 11.6. The van der Waals surface area contributed by atoms with Crippen LogP contribution < -0.4 is 5.32 Å². The molecular formula is C20H23N3O. The zero-order valence-corrected chi connectivity index (χ0v) is 14.6. The van der Waals surface area contributed by atoms with Gasteiger partial charge in [-0.1, -0.05) is 61.9 Å². The second-order valence-electron chi connectivity index (χ2n) is 5.22. The van der Waals surface area contributed by atoms with E-state index in [4.69, 9.17) is 0 Å². The average Bonchev–Trinajstić information content (AvgIpc) is 2.98. The predicted octanol–water partition coefficient (Wildman–Crippen LogP) is 4.67. The van der Waals surface area contributed by atoms with E-state index in [2.05, 4.69) is 10.3 Å². The summed E-state index contributed by atoms with van der Waals surface area (Å²) >= 11 is 0. The smallest absolute Gasteiger partial charge is 0.257 e. The number of carbonyl (C=O) groups is 1. The molecule has 1 N–H and O–H groups in total. The van der Waals surface area contributed by atoms with Gasteiger partial charge in [-0.2, -0.15) is 0 Å². The van der Waals surface area contributed by atoms with Gasteiger partial charge in [-0.15, -0.1) is 0 Å². The molecule has 0 fully saturated rings. The fraction of sp³-hybridized carbons (Fsp3) is 0.200. The normalized spacial score (nSPS) is 9.83. The van der Waals surface area contributed by atoms with Gasteiger partial charge in [0.15, 0.2) is 0 Å². The quantitative estimate of drug-likeness (QED) is 0.761. The minimum absolute atomic E-state index is 0.156. The molecule has 2 aromatic carbocycles. The SMILES string of the molecule is CC.Cc1cccc(C(=O)Nc2ncc(-c3ccccc3)n2C)c1. The van der Waals surface area contributed by atoms with Crippen molar-refractivity contribution in [3.8, 4) is 11.3 Å². The first kappa shape index (κ1) is 17.5. The van der Waals surface area contributed by atoms with Crippen LogP contribution in [0, 0.1) is 6.92 Å². The highest BCUT2D eigenvalue weighted by atomic mass is 16.1. The molecule has 124 valence electrons. The lowest BCUT2D eigenvalue weighted by Gasteiger charge is -2.08. The Morgan fingerprint density at radius 2 is 1.75 bits per heavy atom. The Labute approximate surface area is 143 Å². The summed E-state index contributed by atoms with van der Waals surface area (Å²) in [7, 11) is 1.89. The Morgan fingerprint density at radius 1 is 1.04 bits per heavy atom. The first-order valence-corrected chi connectivity index (χ1v) is 8.10. The van der Waals surface area contributed by atoms with E-state index >= 15 is 0 Å². The lowest BCUT2D eigenvalue weighted by Crippen LogP contribution is -2.15. The summed E-state index contributed by atoms with van der Waals surface area (Å²) in [6.45, 7) is 5.96. The number of rotatable bonds is 3. The summed E-state index contributed by atoms with van der Waals surface area (Å²) < 4.78 is 1.88. The number of nitrogens with zero attached hydrogens (tertiary/aromatic N) is 2. The van der Waals surface area contributed by atoms with E-state index in [1.54, 1.807) is 12.3 Å². The van der Waals surface area contributed by atoms with Gasteiger partial charge in [-0.05, 0) is 24.6 Å². The lowest BCUT2D eigenvalue weighted by atomic mass is 10.1. The molecule has 1 amide bonds. The largest absolute Gasteiger partial charge is 0.313 e. The number of anilines is 1. The standard InChI is InChI=1S/C18H17N3O.C2H6/c1-13-7-6-10-15(11-13)17(22)20-18-19-12-16(21(18)2)14-8-4-3-5-9-14;1-2/h3-12H,1-2H3,(H,19,20,22);1-2H3. The zero-order chi connectivity index (χ0) is 17.5. The number of benzene rings is 2. The molecule has 0 spiro atoms. The molecule has 1 aromatic heterocycles. The summed E-state index contributed by atoms with van der Waals surface area (Å²) in [6, 6.07) is 17.5. The number of carbonyl (C=O) groups excluding carboxylic acids is 1.